The molecule has 2 rings (SSSR count). The Labute approximate surface area is 81.7 Å². The highest BCUT2D eigenvalue weighted by molar-refractivity contribution is 5.80. The van der Waals surface area contributed by atoms with Crippen molar-refractivity contribution in [1.29, 1.82) is 0 Å². The van der Waals surface area contributed by atoms with Crippen LogP contribution in [-0.2, 0) is 4.79 Å². The van der Waals surface area contributed by atoms with E-state index in [1.165, 1.54) is 0 Å². The van der Waals surface area contributed by atoms with E-state index >= 15 is 0 Å². The Morgan fingerprint density at radius 1 is 1.57 bits per heavy atom. The van der Waals surface area contributed by atoms with Crippen molar-refractivity contribution in [3.63, 3.8) is 0 Å². The van der Waals surface area contributed by atoms with Gasteiger partial charge in [-0.25, -0.2) is 0 Å². The van der Waals surface area contributed by atoms with E-state index in [1.807, 2.05) is 0 Å². The summed E-state index contributed by atoms with van der Waals surface area (Å²) in [6, 6.07) is 5.31. The molecule has 4 heteroatoms. The molecule has 1 atom stereocenters. The number of carbonyl (C=O) groups is 1. The van der Waals surface area contributed by atoms with Gasteiger partial charge in [-0.05, 0) is 24.1 Å². The number of fused-ring (bicyclic) bond motifs is 1. The first kappa shape index (κ1) is 8.87. The van der Waals surface area contributed by atoms with Crippen molar-refractivity contribution < 1.29 is 9.90 Å². The second kappa shape index (κ2) is 3.21. The van der Waals surface area contributed by atoms with E-state index in [1.54, 1.807) is 18.2 Å². The molecule has 0 saturated heterocycles. The third kappa shape index (κ3) is 1.39. The van der Waals surface area contributed by atoms with Gasteiger partial charge in [0.05, 0.1) is 5.92 Å². The van der Waals surface area contributed by atoms with E-state index in [9.17, 15) is 4.79 Å². The average Bonchev–Trinajstić information content (AvgIpc) is 2.16. The van der Waals surface area contributed by atoms with E-state index < -0.39 is 11.9 Å². The molecule has 1 aliphatic rings. The fraction of sp³-hybridized carbons (Fsp3) is 0.300. The second-order valence-corrected chi connectivity index (χ2v) is 3.45. The van der Waals surface area contributed by atoms with Crippen LogP contribution >= 0.6 is 0 Å². The summed E-state index contributed by atoms with van der Waals surface area (Å²) in [6.07, 6.45) is 0.631. The van der Waals surface area contributed by atoms with Crippen molar-refractivity contribution in [3.05, 3.63) is 23.8 Å². The van der Waals surface area contributed by atoms with Crippen LogP contribution < -0.4 is 11.1 Å². The molecule has 0 amide bonds. The van der Waals surface area contributed by atoms with Crippen LogP contribution in [0.2, 0.25) is 0 Å². The number of nitrogen functional groups attached to an aromatic ring is 1. The lowest BCUT2D eigenvalue weighted by molar-refractivity contribution is -0.138. The summed E-state index contributed by atoms with van der Waals surface area (Å²) in [5, 5.41) is 12.1. The summed E-state index contributed by atoms with van der Waals surface area (Å²) in [5.74, 6) is -1.16. The quantitative estimate of drug-likeness (QED) is 0.585. The van der Waals surface area contributed by atoms with Crippen LogP contribution in [0.25, 0.3) is 0 Å². The Morgan fingerprint density at radius 3 is 3.07 bits per heavy atom. The van der Waals surface area contributed by atoms with Crippen molar-refractivity contribution in [1.82, 2.24) is 0 Å². The van der Waals surface area contributed by atoms with Crippen molar-refractivity contribution in [2.24, 2.45) is 0 Å². The van der Waals surface area contributed by atoms with Crippen LogP contribution in [0.15, 0.2) is 18.2 Å². The van der Waals surface area contributed by atoms with Gasteiger partial charge in [0.1, 0.15) is 0 Å². The normalized spacial score (nSPS) is 19.6. The molecule has 0 bridgehead atoms. The highest BCUT2D eigenvalue weighted by atomic mass is 16.4. The predicted molar refractivity (Wildman–Crippen MR) is 54.3 cm³/mol. The fourth-order valence-corrected chi connectivity index (χ4v) is 1.79. The number of benzene rings is 1. The molecule has 0 fully saturated rings. The monoisotopic (exact) mass is 192 g/mol. The maximum atomic E-state index is 10.9. The number of hydrogen-bond donors (Lipinski definition) is 3. The van der Waals surface area contributed by atoms with E-state index in [0.29, 0.717) is 18.7 Å². The van der Waals surface area contributed by atoms with Gasteiger partial charge in [0.25, 0.3) is 0 Å². The number of anilines is 2. The highest BCUT2D eigenvalue weighted by Gasteiger charge is 2.25. The first-order valence-corrected chi connectivity index (χ1v) is 4.54. The minimum atomic E-state index is -0.766. The van der Waals surface area contributed by atoms with Gasteiger partial charge >= 0.3 is 5.97 Å². The van der Waals surface area contributed by atoms with Gasteiger partial charge in [-0.2, -0.15) is 0 Å². The molecule has 0 aromatic heterocycles. The zero-order valence-corrected chi connectivity index (χ0v) is 7.66. The average molecular weight is 192 g/mol. The van der Waals surface area contributed by atoms with E-state index in [-0.39, 0.29) is 0 Å². The molecule has 1 aliphatic heterocycles. The fourth-order valence-electron chi connectivity index (χ4n) is 1.79. The van der Waals surface area contributed by atoms with Gasteiger partial charge in [-0.1, -0.05) is 6.07 Å². The van der Waals surface area contributed by atoms with Gasteiger partial charge < -0.3 is 16.2 Å². The molecule has 74 valence electrons. The van der Waals surface area contributed by atoms with Gasteiger partial charge in [-0.3, -0.25) is 4.79 Å². The number of hydrogen-bond acceptors (Lipinski definition) is 3. The topological polar surface area (TPSA) is 75.3 Å². The maximum Gasteiger partial charge on any atom is 0.311 e. The largest absolute Gasteiger partial charge is 0.481 e. The van der Waals surface area contributed by atoms with Crippen LogP contribution in [0.4, 0.5) is 11.4 Å². The Kier molecular flexibility index (Phi) is 2.04. The lowest BCUT2D eigenvalue weighted by atomic mass is 9.91. The number of aliphatic carboxylic acids is 1. The van der Waals surface area contributed by atoms with E-state index in [2.05, 4.69) is 5.32 Å². The van der Waals surface area contributed by atoms with Gasteiger partial charge in [0, 0.05) is 17.9 Å². The van der Waals surface area contributed by atoms with Crippen molar-refractivity contribution >= 4 is 17.3 Å². The third-order valence-electron chi connectivity index (χ3n) is 2.50. The van der Waals surface area contributed by atoms with Gasteiger partial charge in [0.2, 0.25) is 0 Å². The molecule has 14 heavy (non-hydrogen) atoms. The Morgan fingerprint density at radius 2 is 2.36 bits per heavy atom. The molecule has 1 heterocycles. The molecular formula is C10H12N2O2. The minimum Gasteiger partial charge on any atom is -0.481 e. The predicted octanol–water partition coefficient (Wildman–Crippen LogP) is 1.25. The van der Waals surface area contributed by atoms with Crippen molar-refractivity contribution in [2.75, 3.05) is 17.6 Å². The van der Waals surface area contributed by atoms with Crippen LogP contribution in [-0.4, -0.2) is 17.6 Å². The number of carboxylic acid groups (broad SMARTS) is 1. The summed E-state index contributed by atoms with van der Waals surface area (Å²) in [5.41, 5.74) is 7.95. The number of rotatable bonds is 1. The molecule has 0 radical (unpaired) electrons. The van der Waals surface area contributed by atoms with Crippen molar-refractivity contribution in [2.45, 2.75) is 12.3 Å². The number of nitrogens with one attached hydrogen (secondary N) is 1. The third-order valence-corrected chi connectivity index (χ3v) is 2.50. The molecule has 0 spiro atoms. The molecule has 0 saturated carbocycles. The summed E-state index contributed by atoms with van der Waals surface area (Å²) in [7, 11) is 0. The molecule has 1 unspecified atom stereocenters. The van der Waals surface area contributed by atoms with Gasteiger partial charge in [-0.15, -0.1) is 0 Å². The van der Waals surface area contributed by atoms with E-state index in [0.717, 1.165) is 11.3 Å². The van der Waals surface area contributed by atoms with Crippen molar-refractivity contribution in [3.8, 4) is 0 Å². The van der Waals surface area contributed by atoms with Crippen LogP contribution in [0.1, 0.15) is 17.9 Å². The second-order valence-electron chi connectivity index (χ2n) is 3.45. The highest BCUT2D eigenvalue weighted by Crippen LogP contribution is 2.32. The first-order chi connectivity index (χ1) is 6.68. The zero-order valence-electron chi connectivity index (χ0n) is 7.66. The Bertz CT molecular complexity index is 376. The molecule has 0 aliphatic carbocycles. The summed E-state index contributed by atoms with van der Waals surface area (Å²) >= 11 is 0. The maximum absolute atomic E-state index is 10.9. The Balaban J connectivity index is 2.44. The van der Waals surface area contributed by atoms with Crippen LogP contribution in [0, 0.1) is 0 Å². The summed E-state index contributed by atoms with van der Waals surface area (Å²) in [4.78, 5) is 10.9. The zero-order chi connectivity index (χ0) is 10.1. The van der Waals surface area contributed by atoms with E-state index in [4.69, 9.17) is 10.8 Å². The minimum absolute atomic E-state index is 0.396. The smallest absolute Gasteiger partial charge is 0.311 e. The van der Waals surface area contributed by atoms with Crippen LogP contribution in [0.5, 0.6) is 0 Å². The summed E-state index contributed by atoms with van der Waals surface area (Å²) < 4.78 is 0. The Hall–Kier alpha value is -1.71. The molecule has 4 nitrogen and oxygen atoms in total. The SMILES string of the molecule is Nc1ccc2c(c1)NCCC2C(=O)O. The lowest BCUT2D eigenvalue weighted by Gasteiger charge is -2.23. The number of carboxylic acids is 1. The molecule has 1 aromatic rings. The molecular weight excluding hydrogens is 180 g/mol. The first-order valence-electron chi connectivity index (χ1n) is 4.54. The number of nitrogens with two attached hydrogens (primary N) is 1. The lowest BCUT2D eigenvalue weighted by Crippen LogP contribution is -2.22. The molecule has 4 N–H and O–H groups in total. The standard InChI is InChI=1S/C10H12N2O2/c11-6-1-2-7-8(10(13)14)3-4-12-9(7)5-6/h1-2,5,8,12H,3-4,11H2,(H,13,14). The van der Waals surface area contributed by atoms with Crippen LogP contribution in [0.3, 0.4) is 0 Å². The summed E-state index contributed by atoms with van der Waals surface area (Å²) in [6.45, 7) is 0.688. The van der Waals surface area contributed by atoms with Gasteiger partial charge in [0.15, 0.2) is 0 Å². The molecule has 1 aromatic carbocycles.